The maximum absolute atomic E-state index is 5.94. The summed E-state index contributed by atoms with van der Waals surface area (Å²) in [5.74, 6) is 0.909. The van der Waals surface area contributed by atoms with Gasteiger partial charge in [-0.1, -0.05) is 72.3 Å². The molecule has 0 unspecified atom stereocenters. The topological polar surface area (TPSA) is 21.3 Å². The van der Waals surface area contributed by atoms with Gasteiger partial charge in [-0.15, -0.1) is 0 Å². The Labute approximate surface area is 150 Å². The van der Waals surface area contributed by atoms with Gasteiger partial charge in [-0.05, 0) is 42.7 Å². The highest BCUT2D eigenvalue weighted by Crippen LogP contribution is 2.17. The Hall–Kier alpha value is -2.58. The van der Waals surface area contributed by atoms with Crippen LogP contribution in [0.1, 0.15) is 35.2 Å². The zero-order chi connectivity index (χ0) is 17.5. The first kappa shape index (κ1) is 17.2. The number of ether oxygens (including phenoxy) is 1. The van der Waals surface area contributed by atoms with Crippen molar-refractivity contribution in [2.45, 2.75) is 33.0 Å². The lowest BCUT2D eigenvalue weighted by Crippen LogP contribution is -2.17. The van der Waals surface area contributed by atoms with Gasteiger partial charge in [0.2, 0.25) is 0 Å². The van der Waals surface area contributed by atoms with E-state index in [9.17, 15) is 0 Å². The van der Waals surface area contributed by atoms with E-state index in [1.54, 1.807) is 0 Å². The van der Waals surface area contributed by atoms with E-state index in [0.717, 1.165) is 12.3 Å². The molecule has 128 valence electrons. The summed E-state index contributed by atoms with van der Waals surface area (Å²) in [4.78, 5) is 0. The van der Waals surface area contributed by atoms with Crippen LogP contribution in [0.2, 0.25) is 0 Å². The lowest BCUT2D eigenvalue weighted by molar-refractivity contribution is 0.306. The summed E-state index contributed by atoms with van der Waals surface area (Å²) in [5, 5.41) is 3.57. The summed E-state index contributed by atoms with van der Waals surface area (Å²) in [5.41, 5.74) is 4.98. The highest BCUT2D eigenvalue weighted by Gasteiger charge is 2.04. The second-order valence-electron chi connectivity index (χ2n) is 6.43. The molecule has 3 rings (SSSR count). The van der Waals surface area contributed by atoms with E-state index in [2.05, 4.69) is 85.9 Å². The average Bonchev–Trinajstić information content (AvgIpc) is 2.67. The second-order valence-corrected chi connectivity index (χ2v) is 6.43. The third-order valence-electron chi connectivity index (χ3n) is 4.34. The van der Waals surface area contributed by atoms with Crippen LogP contribution in [0.4, 0.5) is 0 Å². The number of aryl methyl sites for hydroxylation is 1. The predicted octanol–water partition coefficient (Wildman–Crippen LogP) is 5.42. The van der Waals surface area contributed by atoms with Gasteiger partial charge in [0.15, 0.2) is 0 Å². The number of hydrogen-bond donors (Lipinski definition) is 1. The molecule has 0 radical (unpaired) electrons. The molecular formula is C23H25NO. The van der Waals surface area contributed by atoms with Gasteiger partial charge in [0.05, 0.1) is 0 Å². The van der Waals surface area contributed by atoms with Crippen molar-refractivity contribution in [3.63, 3.8) is 0 Å². The number of benzene rings is 3. The highest BCUT2D eigenvalue weighted by molar-refractivity contribution is 5.29. The van der Waals surface area contributed by atoms with E-state index in [4.69, 9.17) is 4.74 Å². The minimum absolute atomic E-state index is 0.318. The Morgan fingerprint density at radius 1 is 0.840 bits per heavy atom. The Balaban J connectivity index is 1.55. The molecule has 0 aliphatic rings. The minimum atomic E-state index is 0.318. The number of rotatable bonds is 7. The molecule has 3 aromatic carbocycles. The third kappa shape index (κ3) is 5.20. The van der Waals surface area contributed by atoms with Gasteiger partial charge in [-0.25, -0.2) is 0 Å². The molecule has 1 N–H and O–H groups in total. The summed E-state index contributed by atoms with van der Waals surface area (Å²) in [6, 6.07) is 27.6. The summed E-state index contributed by atoms with van der Waals surface area (Å²) < 4.78 is 5.94. The van der Waals surface area contributed by atoms with Gasteiger partial charge < -0.3 is 10.1 Å². The molecule has 0 heterocycles. The second kappa shape index (κ2) is 8.50. The first-order valence-electron chi connectivity index (χ1n) is 8.76. The van der Waals surface area contributed by atoms with Crippen LogP contribution in [0.25, 0.3) is 0 Å². The third-order valence-corrected chi connectivity index (χ3v) is 4.34. The maximum atomic E-state index is 5.94. The zero-order valence-electron chi connectivity index (χ0n) is 14.9. The molecule has 0 aromatic heterocycles. The molecule has 0 spiro atoms. The summed E-state index contributed by atoms with van der Waals surface area (Å²) in [7, 11) is 0. The molecular weight excluding hydrogens is 306 g/mol. The van der Waals surface area contributed by atoms with Crippen molar-refractivity contribution in [1.82, 2.24) is 5.32 Å². The molecule has 0 amide bonds. The maximum Gasteiger partial charge on any atom is 0.120 e. The van der Waals surface area contributed by atoms with Gasteiger partial charge in [0.25, 0.3) is 0 Å². The SMILES string of the molecule is Cc1ccc(COc2cccc(CN[C@H](C)c3ccccc3)c2)cc1. The lowest BCUT2D eigenvalue weighted by Gasteiger charge is -2.15. The average molecular weight is 331 g/mol. The van der Waals surface area contributed by atoms with Crippen LogP contribution in [0, 0.1) is 6.92 Å². The smallest absolute Gasteiger partial charge is 0.120 e. The Morgan fingerprint density at radius 2 is 1.60 bits per heavy atom. The lowest BCUT2D eigenvalue weighted by atomic mass is 10.1. The van der Waals surface area contributed by atoms with E-state index in [-0.39, 0.29) is 0 Å². The highest BCUT2D eigenvalue weighted by atomic mass is 16.5. The quantitative estimate of drug-likeness (QED) is 0.624. The van der Waals surface area contributed by atoms with Gasteiger partial charge >= 0.3 is 0 Å². The van der Waals surface area contributed by atoms with E-state index >= 15 is 0 Å². The first-order valence-corrected chi connectivity index (χ1v) is 8.76. The predicted molar refractivity (Wildman–Crippen MR) is 104 cm³/mol. The van der Waals surface area contributed by atoms with Gasteiger partial charge in [0.1, 0.15) is 12.4 Å². The van der Waals surface area contributed by atoms with Crippen molar-refractivity contribution in [3.8, 4) is 5.75 Å². The fraction of sp³-hybridized carbons (Fsp3) is 0.217. The molecule has 0 saturated heterocycles. The van der Waals surface area contributed by atoms with Crippen molar-refractivity contribution in [3.05, 3.63) is 101 Å². The number of nitrogens with one attached hydrogen (secondary N) is 1. The monoisotopic (exact) mass is 331 g/mol. The summed E-state index contributed by atoms with van der Waals surface area (Å²) in [6.07, 6.45) is 0. The van der Waals surface area contributed by atoms with Crippen LogP contribution in [0.5, 0.6) is 5.75 Å². The van der Waals surface area contributed by atoms with Crippen LogP contribution in [-0.2, 0) is 13.2 Å². The Kier molecular flexibility index (Phi) is 5.86. The van der Waals surface area contributed by atoms with Gasteiger partial charge in [-0.2, -0.15) is 0 Å². The van der Waals surface area contributed by atoms with Crippen molar-refractivity contribution in [2.75, 3.05) is 0 Å². The number of hydrogen-bond acceptors (Lipinski definition) is 2. The van der Waals surface area contributed by atoms with Crippen molar-refractivity contribution < 1.29 is 4.74 Å². The normalized spacial score (nSPS) is 11.9. The minimum Gasteiger partial charge on any atom is -0.489 e. The Morgan fingerprint density at radius 3 is 2.36 bits per heavy atom. The van der Waals surface area contributed by atoms with Gasteiger partial charge in [-0.3, -0.25) is 0 Å². The van der Waals surface area contributed by atoms with E-state index in [0.29, 0.717) is 12.6 Å². The molecule has 0 aliphatic carbocycles. The van der Waals surface area contributed by atoms with E-state index < -0.39 is 0 Å². The van der Waals surface area contributed by atoms with E-state index in [1.165, 1.54) is 22.3 Å². The molecule has 2 heteroatoms. The molecule has 0 fully saturated rings. The molecule has 0 bridgehead atoms. The van der Waals surface area contributed by atoms with Crippen LogP contribution in [0.3, 0.4) is 0 Å². The van der Waals surface area contributed by atoms with Crippen LogP contribution in [-0.4, -0.2) is 0 Å². The summed E-state index contributed by atoms with van der Waals surface area (Å²) in [6.45, 7) is 5.69. The zero-order valence-corrected chi connectivity index (χ0v) is 14.9. The summed E-state index contributed by atoms with van der Waals surface area (Å²) >= 11 is 0. The fourth-order valence-corrected chi connectivity index (χ4v) is 2.73. The molecule has 2 nitrogen and oxygen atoms in total. The van der Waals surface area contributed by atoms with E-state index in [1.807, 2.05) is 12.1 Å². The van der Waals surface area contributed by atoms with Crippen LogP contribution >= 0.6 is 0 Å². The molecule has 3 aromatic rings. The van der Waals surface area contributed by atoms with Crippen molar-refractivity contribution in [1.29, 1.82) is 0 Å². The molecule has 1 atom stereocenters. The van der Waals surface area contributed by atoms with Crippen molar-refractivity contribution >= 4 is 0 Å². The Bertz CT molecular complexity index is 781. The largest absolute Gasteiger partial charge is 0.489 e. The van der Waals surface area contributed by atoms with Crippen molar-refractivity contribution in [2.24, 2.45) is 0 Å². The fourth-order valence-electron chi connectivity index (χ4n) is 2.73. The molecule has 0 saturated carbocycles. The molecule has 0 aliphatic heterocycles. The molecule has 25 heavy (non-hydrogen) atoms. The van der Waals surface area contributed by atoms with Crippen LogP contribution in [0.15, 0.2) is 78.9 Å². The van der Waals surface area contributed by atoms with Gasteiger partial charge in [0, 0.05) is 12.6 Å². The standard InChI is InChI=1S/C23H25NO/c1-18-11-13-20(14-12-18)17-25-23-10-6-7-21(15-23)16-24-19(2)22-8-4-3-5-9-22/h3-15,19,24H,16-17H2,1-2H3/t19-/m1/s1. The first-order chi connectivity index (χ1) is 12.2. The van der Waals surface area contributed by atoms with Crippen LogP contribution < -0.4 is 10.1 Å².